The number of nitrogens with two attached hydrogens (primary N) is 1. The number of hydrogen-bond acceptors (Lipinski definition) is 3. The van der Waals surface area contributed by atoms with Crippen molar-refractivity contribution in [1.29, 1.82) is 0 Å². The first-order valence-electron chi connectivity index (χ1n) is 7.30. The third-order valence-corrected chi connectivity index (χ3v) is 4.12. The highest BCUT2D eigenvalue weighted by atomic mass is 16.5. The van der Waals surface area contributed by atoms with Gasteiger partial charge >= 0.3 is 0 Å². The highest BCUT2D eigenvalue weighted by Crippen LogP contribution is 2.27. The first-order chi connectivity index (χ1) is 9.60. The Morgan fingerprint density at radius 2 is 2.15 bits per heavy atom. The van der Waals surface area contributed by atoms with Crippen LogP contribution in [0.1, 0.15) is 37.7 Å². The average molecular weight is 276 g/mol. The van der Waals surface area contributed by atoms with E-state index in [9.17, 15) is 4.79 Å². The fraction of sp³-hybridized carbons (Fsp3) is 0.562. The normalized spacial score (nSPS) is 22.4. The van der Waals surface area contributed by atoms with Crippen LogP contribution in [0.15, 0.2) is 18.2 Å². The van der Waals surface area contributed by atoms with Crippen molar-refractivity contribution in [2.24, 2.45) is 11.7 Å². The predicted molar refractivity (Wildman–Crippen MR) is 80.9 cm³/mol. The van der Waals surface area contributed by atoms with Crippen molar-refractivity contribution in [1.82, 2.24) is 0 Å². The van der Waals surface area contributed by atoms with E-state index >= 15 is 0 Å². The first-order valence-corrected chi connectivity index (χ1v) is 7.30. The average Bonchev–Trinajstić information content (AvgIpc) is 2.43. The largest absolute Gasteiger partial charge is 0.497 e. The number of nitrogens with one attached hydrogen (secondary N) is 1. The summed E-state index contributed by atoms with van der Waals surface area (Å²) in [5.74, 6) is 1.18. The van der Waals surface area contributed by atoms with Crippen LogP contribution in [0.5, 0.6) is 5.75 Å². The summed E-state index contributed by atoms with van der Waals surface area (Å²) in [6, 6.07) is 5.83. The Hall–Kier alpha value is -1.55. The van der Waals surface area contributed by atoms with Crippen LogP contribution in [-0.4, -0.2) is 19.1 Å². The molecule has 2 atom stereocenters. The molecule has 1 amide bonds. The molecule has 1 aromatic rings. The van der Waals surface area contributed by atoms with Gasteiger partial charge in [-0.25, -0.2) is 0 Å². The smallest absolute Gasteiger partial charge is 0.224 e. The lowest BCUT2D eigenvalue weighted by Crippen LogP contribution is -2.35. The predicted octanol–water partition coefficient (Wildman–Crippen LogP) is 2.85. The number of anilines is 1. The summed E-state index contributed by atoms with van der Waals surface area (Å²) in [6.07, 6.45) is 5.01. The van der Waals surface area contributed by atoms with E-state index in [1.165, 1.54) is 12.8 Å². The van der Waals surface area contributed by atoms with Gasteiger partial charge in [-0.3, -0.25) is 4.79 Å². The Morgan fingerprint density at radius 3 is 2.80 bits per heavy atom. The number of benzene rings is 1. The fourth-order valence-electron chi connectivity index (χ4n) is 2.83. The SMILES string of the molecule is COc1ccc(NC(=O)CC2CCCCC2N)c(C)c1. The molecule has 110 valence electrons. The van der Waals surface area contributed by atoms with Gasteiger partial charge in [0.15, 0.2) is 0 Å². The maximum atomic E-state index is 12.1. The van der Waals surface area contributed by atoms with E-state index in [1.54, 1.807) is 7.11 Å². The summed E-state index contributed by atoms with van der Waals surface area (Å²) < 4.78 is 5.16. The van der Waals surface area contributed by atoms with Crippen LogP contribution in [0.3, 0.4) is 0 Å². The van der Waals surface area contributed by atoms with E-state index in [0.717, 1.165) is 29.8 Å². The molecule has 1 aliphatic rings. The van der Waals surface area contributed by atoms with Crippen LogP contribution in [0.25, 0.3) is 0 Å². The topological polar surface area (TPSA) is 64.3 Å². The number of carbonyl (C=O) groups excluding carboxylic acids is 1. The van der Waals surface area contributed by atoms with E-state index in [4.69, 9.17) is 10.5 Å². The van der Waals surface area contributed by atoms with Gasteiger partial charge < -0.3 is 15.8 Å². The molecule has 3 N–H and O–H groups in total. The van der Waals surface area contributed by atoms with Gasteiger partial charge in [-0.2, -0.15) is 0 Å². The molecule has 0 saturated heterocycles. The molecule has 2 rings (SSSR count). The minimum absolute atomic E-state index is 0.0561. The number of rotatable bonds is 4. The van der Waals surface area contributed by atoms with Crippen LogP contribution in [0, 0.1) is 12.8 Å². The lowest BCUT2D eigenvalue weighted by molar-refractivity contribution is -0.117. The summed E-state index contributed by atoms with van der Waals surface area (Å²) in [5.41, 5.74) is 7.94. The van der Waals surface area contributed by atoms with Crippen molar-refractivity contribution >= 4 is 11.6 Å². The van der Waals surface area contributed by atoms with Gasteiger partial charge in [-0.15, -0.1) is 0 Å². The van der Waals surface area contributed by atoms with Crippen molar-refractivity contribution in [2.75, 3.05) is 12.4 Å². The summed E-state index contributed by atoms with van der Waals surface area (Å²) in [7, 11) is 1.64. The highest BCUT2D eigenvalue weighted by Gasteiger charge is 2.24. The molecule has 0 spiro atoms. The number of ether oxygens (including phenoxy) is 1. The fourth-order valence-corrected chi connectivity index (χ4v) is 2.83. The van der Waals surface area contributed by atoms with Gasteiger partial charge in [0.1, 0.15) is 5.75 Å². The van der Waals surface area contributed by atoms with Crippen molar-refractivity contribution in [2.45, 2.75) is 45.1 Å². The number of hydrogen-bond donors (Lipinski definition) is 2. The summed E-state index contributed by atoms with van der Waals surface area (Å²) in [6.45, 7) is 1.96. The Kier molecular flexibility index (Phi) is 5.01. The zero-order valence-electron chi connectivity index (χ0n) is 12.3. The molecule has 0 aliphatic heterocycles. The van der Waals surface area contributed by atoms with E-state index in [1.807, 2.05) is 25.1 Å². The number of aryl methyl sites for hydroxylation is 1. The molecule has 1 saturated carbocycles. The summed E-state index contributed by atoms with van der Waals surface area (Å²) in [5, 5.41) is 2.98. The molecule has 1 fully saturated rings. The molecule has 1 aromatic carbocycles. The Bertz CT molecular complexity index is 474. The second-order valence-corrected chi connectivity index (χ2v) is 5.64. The number of amides is 1. The van der Waals surface area contributed by atoms with Gasteiger partial charge in [0.05, 0.1) is 7.11 Å². The second-order valence-electron chi connectivity index (χ2n) is 5.64. The van der Waals surface area contributed by atoms with Crippen molar-refractivity contribution in [3.63, 3.8) is 0 Å². The van der Waals surface area contributed by atoms with Crippen molar-refractivity contribution in [3.8, 4) is 5.75 Å². The third-order valence-electron chi connectivity index (χ3n) is 4.12. The van der Waals surface area contributed by atoms with Crippen LogP contribution in [-0.2, 0) is 4.79 Å². The standard InChI is InChI=1S/C16H24N2O2/c1-11-9-13(20-2)7-8-15(11)18-16(19)10-12-5-3-4-6-14(12)17/h7-9,12,14H,3-6,10,17H2,1-2H3,(H,18,19). The third kappa shape index (κ3) is 3.73. The van der Waals surface area contributed by atoms with Crippen LogP contribution < -0.4 is 15.8 Å². The maximum Gasteiger partial charge on any atom is 0.224 e. The van der Waals surface area contributed by atoms with Crippen LogP contribution in [0.4, 0.5) is 5.69 Å². The van der Waals surface area contributed by atoms with E-state index in [2.05, 4.69) is 5.32 Å². The number of methoxy groups -OCH3 is 1. The lowest BCUT2D eigenvalue weighted by Gasteiger charge is -2.28. The molecule has 4 heteroatoms. The monoisotopic (exact) mass is 276 g/mol. The molecule has 2 unspecified atom stereocenters. The minimum Gasteiger partial charge on any atom is -0.497 e. The van der Waals surface area contributed by atoms with Gasteiger partial charge in [0.2, 0.25) is 5.91 Å². The molecular formula is C16H24N2O2. The van der Waals surface area contributed by atoms with Crippen molar-refractivity contribution in [3.05, 3.63) is 23.8 Å². The molecule has 0 heterocycles. The Labute approximate surface area is 120 Å². The van der Waals surface area contributed by atoms with E-state index in [-0.39, 0.29) is 11.9 Å². The van der Waals surface area contributed by atoms with Crippen molar-refractivity contribution < 1.29 is 9.53 Å². The Morgan fingerprint density at radius 1 is 1.40 bits per heavy atom. The highest BCUT2D eigenvalue weighted by molar-refractivity contribution is 5.91. The molecule has 4 nitrogen and oxygen atoms in total. The van der Waals surface area contributed by atoms with Crippen LogP contribution >= 0.6 is 0 Å². The molecule has 1 aliphatic carbocycles. The van der Waals surface area contributed by atoms with Gasteiger partial charge in [0, 0.05) is 18.2 Å². The first kappa shape index (κ1) is 14.9. The van der Waals surface area contributed by atoms with Gasteiger partial charge in [-0.05, 0) is 49.4 Å². The molecule has 20 heavy (non-hydrogen) atoms. The van der Waals surface area contributed by atoms with Gasteiger partial charge in [-0.1, -0.05) is 12.8 Å². The summed E-state index contributed by atoms with van der Waals surface area (Å²) >= 11 is 0. The van der Waals surface area contributed by atoms with E-state index in [0.29, 0.717) is 12.3 Å². The zero-order chi connectivity index (χ0) is 14.5. The van der Waals surface area contributed by atoms with Gasteiger partial charge in [0.25, 0.3) is 0 Å². The maximum absolute atomic E-state index is 12.1. The second kappa shape index (κ2) is 6.75. The quantitative estimate of drug-likeness (QED) is 0.888. The molecular weight excluding hydrogens is 252 g/mol. The van der Waals surface area contributed by atoms with E-state index < -0.39 is 0 Å². The molecule has 0 bridgehead atoms. The summed E-state index contributed by atoms with van der Waals surface area (Å²) in [4.78, 5) is 12.1. The molecule has 0 aromatic heterocycles. The number of carbonyl (C=O) groups is 1. The lowest BCUT2D eigenvalue weighted by atomic mass is 9.83. The Balaban J connectivity index is 1.94. The minimum atomic E-state index is 0.0561. The zero-order valence-corrected chi connectivity index (χ0v) is 12.3. The van der Waals surface area contributed by atoms with Crippen LogP contribution in [0.2, 0.25) is 0 Å². The molecule has 0 radical (unpaired) electrons.